The van der Waals surface area contributed by atoms with Gasteiger partial charge in [0.05, 0.1) is 27.4 Å². The van der Waals surface area contributed by atoms with E-state index in [1.165, 1.54) is 24.3 Å². The second kappa shape index (κ2) is 7.12. The zero-order chi connectivity index (χ0) is 17.1. The van der Waals surface area contributed by atoms with E-state index >= 15 is 0 Å². The molecule has 0 spiro atoms. The molecular weight excluding hydrogens is 404 g/mol. The van der Waals surface area contributed by atoms with Crippen molar-refractivity contribution >= 4 is 35.6 Å². The molecule has 0 aliphatic carbocycles. The summed E-state index contributed by atoms with van der Waals surface area (Å²) in [5, 5.41) is 9.93. The minimum Gasteiger partial charge on any atom is -0.391 e. The Morgan fingerprint density at radius 1 is 0.783 bits per heavy atom. The first-order valence-electron chi connectivity index (χ1n) is 6.65. The van der Waals surface area contributed by atoms with Crippen LogP contribution in [0.25, 0.3) is 0 Å². The molecule has 2 aromatic rings. The summed E-state index contributed by atoms with van der Waals surface area (Å²) in [6, 6.07) is 13.6. The molecule has 0 unspecified atom stereocenters. The van der Waals surface area contributed by atoms with Gasteiger partial charge in [-0.25, -0.2) is 16.8 Å². The highest BCUT2D eigenvalue weighted by atomic mass is 79.9. The molecule has 2 aromatic carbocycles. The van der Waals surface area contributed by atoms with Crippen molar-refractivity contribution in [1.29, 1.82) is 0 Å². The predicted octanol–water partition coefficient (Wildman–Crippen LogP) is 2.06. The van der Waals surface area contributed by atoms with Gasteiger partial charge in [-0.1, -0.05) is 34.1 Å². The molecule has 0 aliphatic rings. The van der Waals surface area contributed by atoms with Crippen LogP contribution in [0.5, 0.6) is 0 Å². The summed E-state index contributed by atoms with van der Waals surface area (Å²) in [5.41, 5.74) is 0. The summed E-state index contributed by atoms with van der Waals surface area (Å²) in [6.45, 7) is 0. The summed E-state index contributed by atoms with van der Waals surface area (Å²) in [4.78, 5) is 0.0944. The first kappa shape index (κ1) is 18.1. The molecule has 5 nitrogen and oxygen atoms in total. The van der Waals surface area contributed by atoms with Crippen molar-refractivity contribution in [3.05, 3.63) is 59.1 Å². The van der Waals surface area contributed by atoms with E-state index in [1.54, 1.807) is 30.3 Å². The van der Waals surface area contributed by atoms with Gasteiger partial charge in [0.2, 0.25) is 0 Å². The number of sulfone groups is 2. The molecule has 23 heavy (non-hydrogen) atoms. The van der Waals surface area contributed by atoms with Crippen molar-refractivity contribution in [2.75, 3.05) is 11.5 Å². The molecule has 0 saturated carbocycles. The van der Waals surface area contributed by atoms with E-state index in [9.17, 15) is 21.9 Å². The number of hydrogen-bond donors (Lipinski definition) is 1. The van der Waals surface area contributed by atoms with Crippen LogP contribution in [0.3, 0.4) is 0 Å². The minimum absolute atomic E-state index is 0.0388. The van der Waals surface area contributed by atoms with Crippen LogP contribution in [0, 0.1) is 0 Å². The van der Waals surface area contributed by atoms with Gasteiger partial charge < -0.3 is 5.11 Å². The average Bonchev–Trinajstić information content (AvgIpc) is 2.47. The Morgan fingerprint density at radius 2 is 1.22 bits per heavy atom. The van der Waals surface area contributed by atoms with E-state index in [2.05, 4.69) is 15.9 Å². The second-order valence-electron chi connectivity index (χ2n) is 4.98. The molecule has 0 radical (unpaired) electrons. The highest BCUT2D eigenvalue weighted by Gasteiger charge is 2.25. The molecule has 124 valence electrons. The third kappa shape index (κ3) is 4.87. The number of halogens is 1. The van der Waals surface area contributed by atoms with Gasteiger partial charge in [0.15, 0.2) is 19.7 Å². The van der Waals surface area contributed by atoms with Gasteiger partial charge in [0, 0.05) is 4.47 Å². The lowest BCUT2D eigenvalue weighted by atomic mass is 10.4. The number of hydrogen-bond acceptors (Lipinski definition) is 5. The van der Waals surface area contributed by atoms with E-state index in [-0.39, 0.29) is 9.79 Å². The Hall–Kier alpha value is -1.22. The van der Waals surface area contributed by atoms with E-state index in [0.717, 1.165) is 4.47 Å². The van der Waals surface area contributed by atoms with Crippen LogP contribution < -0.4 is 0 Å². The molecule has 0 saturated heterocycles. The van der Waals surface area contributed by atoms with Gasteiger partial charge in [-0.3, -0.25) is 0 Å². The van der Waals surface area contributed by atoms with Crippen LogP contribution in [0.4, 0.5) is 0 Å². The average molecular weight is 419 g/mol. The maximum Gasteiger partial charge on any atom is 0.180 e. The fraction of sp³-hybridized carbons (Fsp3) is 0.200. The molecular formula is C15H15BrO5S2. The third-order valence-electron chi connectivity index (χ3n) is 3.10. The van der Waals surface area contributed by atoms with Gasteiger partial charge >= 0.3 is 0 Å². The summed E-state index contributed by atoms with van der Waals surface area (Å²) in [7, 11) is -7.51. The van der Waals surface area contributed by atoms with E-state index in [4.69, 9.17) is 0 Å². The quantitative estimate of drug-likeness (QED) is 0.775. The Labute approximate surface area is 143 Å². The summed E-state index contributed by atoms with van der Waals surface area (Å²) < 4.78 is 49.4. The minimum atomic E-state index is -3.77. The number of aliphatic hydroxyl groups is 1. The molecule has 0 aliphatic heterocycles. The fourth-order valence-corrected chi connectivity index (χ4v) is 5.19. The molecule has 2 rings (SSSR count). The van der Waals surface area contributed by atoms with Crippen LogP contribution in [-0.4, -0.2) is 39.6 Å². The highest BCUT2D eigenvalue weighted by Crippen LogP contribution is 2.18. The third-order valence-corrected chi connectivity index (χ3v) is 7.26. The molecule has 8 heteroatoms. The number of aliphatic hydroxyl groups excluding tert-OH is 1. The van der Waals surface area contributed by atoms with Crippen LogP contribution in [0.15, 0.2) is 68.9 Å². The summed E-state index contributed by atoms with van der Waals surface area (Å²) >= 11 is 3.21. The predicted molar refractivity (Wildman–Crippen MR) is 90.7 cm³/mol. The molecule has 0 aromatic heterocycles. The zero-order valence-electron chi connectivity index (χ0n) is 12.0. The highest BCUT2D eigenvalue weighted by molar-refractivity contribution is 9.10. The molecule has 0 heterocycles. The smallest absolute Gasteiger partial charge is 0.180 e. The van der Waals surface area contributed by atoms with Crippen LogP contribution in [-0.2, 0) is 19.7 Å². The molecule has 1 N–H and O–H groups in total. The van der Waals surface area contributed by atoms with Crippen molar-refractivity contribution in [2.45, 2.75) is 15.9 Å². The first-order chi connectivity index (χ1) is 10.7. The molecule has 0 bridgehead atoms. The van der Waals surface area contributed by atoms with Crippen LogP contribution in [0.1, 0.15) is 0 Å². The Bertz CT molecular complexity index is 860. The first-order valence-corrected chi connectivity index (χ1v) is 10.7. The fourth-order valence-electron chi connectivity index (χ4n) is 2.02. The van der Waals surface area contributed by atoms with Crippen LogP contribution in [0.2, 0.25) is 0 Å². The Morgan fingerprint density at radius 3 is 1.70 bits per heavy atom. The maximum absolute atomic E-state index is 12.2. The van der Waals surface area contributed by atoms with Gasteiger partial charge in [-0.2, -0.15) is 0 Å². The lowest BCUT2D eigenvalue weighted by Gasteiger charge is -2.12. The van der Waals surface area contributed by atoms with E-state index in [1.807, 2.05) is 0 Å². The van der Waals surface area contributed by atoms with Gasteiger partial charge in [0.25, 0.3) is 0 Å². The van der Waals surface area contributed by atoms with Gasteiger partial charge in [-0.05, 0) is 36.4 Å². The van der Waals surface area contributed by atoms with Gasteiger partial charge in [-0.15, -0.1) is 0 Å². The monoisotopic (exact) mass is 418 g/mol. The lowest BCUT2D eigenvalue weighted by molar-refractivity contribution is 0.220. The van der Waals surface area contributed by atoms with Crippen molar-refractivity contribution < 1.29 is 21.9 Å². The Kier molecular flexibility index (Phi) is 5.61. The van der Waals surface area contributed by atoms with Crippen LogP contribution >= 0.6 is 15.9 Å². The lowest BCUT2D eigenvalue weighted by Crippen LogP contribution is -2.28. The summed E-state index contributed by atoms with van der Waals surface area (Å²) in [5.74, 6) is -1.30. The SMILES string of the molecule is O=S(=O)(C[C@@H](O)CS(=O)(=O)c1ccc(Br)cc1)c1ccccc1. The molecule has 0 amide bonds. The standard InChI is InChI=1S/C15H15BrO5S2/c16-12-6-8-15(9-7-12)23(20,21)11-13(17)10-22(18,19)14-4-2-1-3-5-14/h1-9,13,17H,10-11H2/t13-/m1/s1. The topological polar surface area (TPSA) is 88.5 Å². The van der Waals surface area contributed by atoms with Crippen molar-refractivity contribution in [2.24, 2.45) is 0 Å². The molecule has 0 fully saturated rings. The largest absolute Gasteiger partial charge is 0.391 e. The van der Waals surface area contributed by atoms with Gasteiger partial charge in [0.1, 0.15) is 0 Å². The Balaban J connectivity index is 2.13. The number of benzene rings is 2. The van der Waals surface area contributed by atoms with Crippen molar-refractivity contribution in [3.63, 3.8) is 0 Å². The van der Waals surface area contributed by atoms with Crippen molar-refractivity contribution in [1.82, 2.24) is 0 Å². The number of rotatable bonds is 6. The van der Waals surface area contributed by atoms with E-state index < -0.39 is 37.3 Å². The molecule has 1 atom stereocenters. The maximum atomic E-state index is 12.2. The second-order valence-corrected chi connectivity index (χ2v) is 9.97. The van der Waals surface area contributed by atoms with E-state index in [0.29, 0.717) is 0 Å². The zero-order valence-corrected chi connectivity index (χ0v) is 15.2. The summed E-state index contributed by atoms with van der Waals surface area (Å²) in [6.07, 6.45) is -1.51. The van der Waals surface area contributed by atoms with Crippen molar-refractivity contribution in [3.8, 4) is 0 Å². The normalized spacial score (nSPS) is 13.7.